The van der Waals surface area contributed by atoms with Crippen molar-refractivity contribution in [3.8, 4) is 5.75 Å². The van der Waals surface area contributed by atoms with Gasteiger partial charge < -0.3 is 48.1 Å². The highest BCUT2D eigenvalue weighted by atomic mass is 16.7. The van der Waals surface area contributed by atoms with Crippen molar-refractivity contribution in [3.05, 3.63) is 53.8 Å². The first kappa shape index (κ1) is 50.5. The van der Waals surface area contributed by atoms with Gasteiger partial charge in [0.25, 0.3) is 11.7 Å². The number of rotatable bonds is 8. The molecule has 1 amide bonds. The van der Waals surface area contributed by atoms with E-state index in [1.165, 1.54) is 19.1 Å². The van der Waals surface area contributed by atoms with Crippen molar-refractivity contribution < 1.29 is 57.8 Å². The van der Waals surface area contributed by atoms with Crippen molar-refractivity contribution >= 4 is 34.3 Å². The highest BCUT2D eigenvalue weighted by Crippen LogP contribution is 2.40. The van der Waals surface area contributed by atoms with E-state index in [2.05, 4.69) is 16.7 Å². The number of piperidine rings is 1. The van der Waals surface area contributed by atoms with Gasteiger partial charge in [0.15, 0.2) is 0 Å². The van der Waals surface area contributed by atoms with Gasteiger partial charge in [0.2, 0.25) is 5.79 Å². The predicted molar refractivity (Wildman–Crippen MR) is 245 cm³/mol. The molecule has 14 nitrogen and oxygen atoms in total. The number of nitrogens with zero attached hydrogens (tertiary/aromatic N) is 2. The lowest BCUT2D eigenvalue weighted by Gasteiger charge is -2.47. The molecule has 6 rings (SSSR count). The molecule has 65 heavy (non-hydrogen) atoms. The summed E-state index contributed by atoms with van der Waals surface area (Å²) in [5, 5.41) is 25.1. The van der Waals surface area contributed by atoms with Gasteiger partial charge in [-0.2, -0.15) is 0 Å². The number of carbonyl (C=O) groups is 4. The molecule has 1 aliphatic carbocycles. The molecule has 4 aliphatic rings. The molecule has 14 heteroatoms. The number of aliphatic hydroxyl groups is 2. The third kappa shape index (κ3) is 11.1. The number of hydrogen-bond acceptors (Lipinski definition) is 12. The summed E-state index contributed by atoms with van der Waals surface area (Å²) in [6.45, 7) is 11.2. The van der Waals surface area contributed by atoms with Crippen molar-refractivity contribution in [1.82, 2.24) is 9.47 Å². The van der Waals surface area contributed by atoms with Crippen LogP contribution in [-0.2, 0) is 49.9 Å². The summed E-state index contributed by atoms with van der Waals surface area (Å²) >= 11 is 0. The van der Waals surface area contributed by atoms with Gasteiger partial charge in [-0.15, -0.1) is 0 Å². The van der Waals surface area contributed by atoms with Crippen LogP contribution >= 0.6 is 0 Å². The smallest absolute Gasteiger partial charge is 0.329 e. The van der Waals surface area contributed by atoms with Gasteiger partial charge >= 0.3 is 5.97 Å². The molecule has 4 heterocycles. The van der Waals surface area contributed by atoms with E-state index in [4.69, 9.17) is 28.4 Å². The molecule has 360 valence electrons. The number of amides is 1. The number of allylic oxidation sites excluding steroid dienone is 3. The number of aryl methyl sites for hydroxylation is 1. The Kier molecular flexibility index (Phi) is 16.9. The molecule has 14 atom stereocenters. The molecule has 0 unspecified atom stereocenters. The third-order valence-corrected chi connectivity index (χ3v) is 14.8. The summed E-state index contributed by atoms with van der Waals surface area (Å²) in [5.74, 6) is -7.06. The van der Waals surface area contributed by atoms with Crippen LogP contribution in [0.15, 0.2) is 53.8 Å². The van der Waals surface area contributed by atoms with Crippen LogP contribution in [0.4, 0.5) is 0 Å². The van der Waals surface area contributed by atoms with Gasteiger partial charge in [-0.1, -0.05) is 45.4 Å². The summed E-state index contributed by atoms with van der Waals surface area (Å²) in [6.07, 6.45) is 5.85. The highest BCUT2D eigenvalue weighted by molar-refractivity contribution is 6.39. The molecule has 2 aromatic rings. The van der Waals surface area contributed by atoms with E-state index in [1.807, 2.05) is 65.2 Å². The van der Waals surface area contributed by atoms with E-state index in [1.54, 1.807) is 21.0 Å². The summed E-state index contributed by atoms with van der Waals surface area (Å²) in [5.41, 5.74) is 2.73. The number of fused-ring (bicyclic) bond motifs is 4. The van der Waals surface area contributed by atoms with E-state index in [0.717, 1.165) is 28.6 Å². The zero-order valence-corrected chi connectivity index (χ0v) is 40.2. The average Bonchev–Trinajstić information content (AvgIpc) is 3.66. The molecule has 0 spiro atoms. The average molecular weight is 907 g/mol. The second-order valence-corrected chi connectivity index (χ2v) is 19.5. The standard InChI is InChI=1S/C51H74N2O12/c1-11-35-23-29(2)22-30(3)46(62-10)47-44(61-9)25-32(5)51(59,65-47)48(56)49(57)53-20-13-12-14-39(53)50(58)64-45(33(6)40(54)28-41(35)55)31(4)24-34-15-18-42(43(26-34)60-8)63-37-16-17-38-36(27-37)19-21-52(38)7/h16-17,19,21,23-24,27,30,32-35,39-40,42-47,54,59H,11-15,18,20,22,25-26,28H2,1-10H3/b29-23+,31-24+/t30-,32+,33+,34-,35+,39-,40-,42+,43+,44-,45+,46-,47-,51+/m0/s1. The molecule has 2 N–H and O–H groups in total. The summed E-state index contributed by atoms with van der Waals surface area (Å²) in [6, 6.07) is 6.99. The second-order valence-electron chi connectivity index (χ2n) is 19.5. The minimum Gasteiger partial charge on any atom is -0.488 e. The maximum atomic E-state index is 14.5. The van der Waals surface area contributed by atoms with Gasteiger partial charge in [-0.3, -0.25) is 14.4 Å². The fourth-order valence-electron chi connectivity index (χ4n) is 10.9. The van der Waals surface area contributed by atoms with Crippen LogP contribution in [-0.4, -0.2) is 126 Å². The fourth-order valence-corrected chi connectivity index (χ4v) is 10.9. The number of benzene rings is 1. The number of carbonyl (C=O) groups excluding carboxylic acids is 4. The van der Waals surface area contributed by atoms with E-state index in [0.29, 0.717) is 44.1 Å². The Morgan fingerprint density at radius 2 is 1.68 bits per heavy atom. The van der Waals surface area contributed by atoms with E-state index in [-0.39, 0.29) is 55.6 Å². The molecule has 1 aromatic heterocycles. The summed E-state index contributed by atoms with van der Waals surface area (Å²) in [7, 11) is 6.75. The highest BCUT2D eigenvalue weighted by Gasteiger charge is 2.57. The van der Waals surface area contributed by atoms with Crippen LogP contribution in [0.1, 0.15) is 106 Å². The first-order chi connectivity index (χ1) is 30.9. The van der Waals surface area contributed by atoms with Crippen LogP contribution in [0.25, 0.3) is 10.9 Å². The predicted octanol–water partition coefficient (Wildman–Crippen LogP) is 6.66. The fraction of sp³-hybridized carbons (Fsp3) is 0.686. The second kappa shape index (κ2) is 21.8. The number of esters is 1. The number of hydrogen-bond donors (Lipinski definition) is 2. The molecule has 1 saturated carbocycles. The summed E-state index contributed by atoms with van der Waals surface area (Å²) < 4.78 is 39.1. The monoisotopic (exact) mass is 907 g/mol. The minimum atomic E-state index is -2.52. The van der Waals surface area contributed by atoms with Gasteiger partial charge in [-0.05, 0) is 113 Å². The Hall–Kier alpha value is -3.92. The van der Waals surface area contributed by atoms with Crippen LogP contribution < -0.4 is 4.74 Å². The number of cyclic esters (lactones) is 1. The molecule has 3 fully saturated rings. The Bertz CT molecular complexity index is 2060. The normalized spacial score (nSPS) is 37.3. The van der Waals surface area contributed by atoms with E-state index in [9.17, 15) is 29.4 Å². The molecule has 2 saturated heterocycles. The number of aromatic nitrogens is 1. The zero-order chi connectivity index (χ0) is 47.3. The van der Waals surface area contributed by atoms with Gasteiger partial charge in [0, 0.05) is 76.2 Å². The zero-order valence-electron chi connectivity index (χ0n) is 40.2. The first-order valence-electron chi connectivity index (χ1n) is 23.8. The molecule has 0 radical (unpaired) electrons. The summed E-state index contributed by atoms with van der Waals surface area (Å²) in [4.78, 5) is 58.4. The van der Waals surface area contributed by atoms with Crippen molar-refractivity contribution in [2.45, 2.75) is 160 Å². The SMILES string of the molecule is CC[C@@H]1/C=C(\C)C[C@H](C)[C@H](OC)[C@H]2O[C@@](O)(C(=O)C(=O)N3CCCC[C@H]3C(=O)O[C@H](/C(C)=C/[C@@H]3CC[C@@H](Oc4ccc5c(ccn5C)c4)[C@H](OC)C3)[C@H](C)[C@@H](O)CC1=O)[C@H](C)C[C@@H]2OC. The molecule has 3 aliphatic heterocycles. The molecular weight excluding hydrogens is 833 g/mol. The van der Waals surface area contributed by atoms with Crippen molar-refractivity contribution in [2.24, 2.45) is 36.6 Å². The van der Waals surface area contributed by atoms with Gasteiger partial charge in [-0.25, -0.2) is 4.79 Å². The molecular formula is C51H74N2O12. The Balaban J connectivity index is 1.31. The third-order valence-electron chi connectivity index (χ3n) is 14.8. The quantitative estimate of drug-likeness (QED) is 0.164. The first-order valence-corrected chi connectivity index (χ1v) is 23.8. The number of ether oxygens (including phenoxy) is 6. The Morgan fingerprint density at radius 3 is 2.37 bits per heavy atom. The van der Waals surface area contributed by atoms with Gasteiger partial charge in [0.1, 0.15) is 35.9 Å². The van der Waals surface area contributed by atoms with Crippen LogP contribution in [0, 0.1) is 29.6 Å². The van der Waals surface area contributed by atoms with Crippen molar-refractivity contribution in [3.63, 3.8) is 0 Å². The minimum absolute atomic E-state index is 0.0185. The van der Waals surface area contributed by atoms with Crippen molar-refractivity contribution in [2.75, 3.05) is 27.9 Å². The number of Topliss-reactive ketones (excluding diaryl/α,β-unsaturated/α-hetero) is 2. The van der Waals surface area contributed by atoms with E-state index >= 15 is 0 Å². The maximum Gasteiger partial charge on any atom is 0.329 e. The molecule has 2 bridgehead atoms. The van der Waals surface area contributed by atoms with Crippen molar-refractivity contribution in [1.29, 1.82) is 0 Å². The van der Waals surface area contributed by atoms with Crippen LogP contribution in [0.2, 0.25) is 0 Å². The lowest BCUT2D eigenvalue weighted by molar-refractivity contribution is -0.305. The Labute approximate surface area is 384 Å². The van der Waals surface area contributed by atoms with E-state index < -0.39 is 77.8 Å². The largest absolute Gasteiger partial charge is 0.488 e. The Morgan fingerprint density at radius 1 is 0.938 bits per heavy atom. The number of aliphatic hydroxyl groups excluding tert-OH is 1. The maximum absolute atomic E-state index is 14.5. The van der Waals surface area contributed by atoms with Gasteiger partial charge in [0.05, 0.1) is 24.4 Å². The number of ketones is 2. The van der Waals surface area contributed by atoms with Crippen LogP contribution in [0.5, 0.6) is 5.75 Å². The molecule has 1 aromatic carbocycles. The lowest BCUT2D eigenvalue weighted by atomic mass is 9.80. The number of methoxy groups -OCH3 is 3. The van der Waals surface area contributed by atoms with Crippen LogP contribution in [0.3, 0.4) is 0 Å². The lowest BCUT2D eigenvalue weighted by Crippen LogP contribution is -2.65. The topological polar surface area (TPSA) is 172 Å².